The van der Waals surface area contributed by atoms with Crippen molar-refractivity contribution in [2.24, 2.45) is 5.41 Å². The molecule has 1 aliphatic heterocycles. The van der Waals surface area contributed by atoms with E-state index >= 15 is 0 Å². The topological polar surface area (TPSA) is 45.2 Å². The highest BCUT2D eigenvalue weighted by atomic mass is 35.5. The fraction of sp³-hybridized carbons (Fsp3) is 0.600. The van der Waals surface area contributed by atoms with Crippen LogP contribution in [0.3, 0.4) is 0 Å². The molecule has 20 heavy (non-hydrogen) atoms. The van der Waals surface area contributed by atoms with Crippen LogP contribution in [0.15, 0.2) is 18.3 Å². The lowest BCUT2D eigenvalue weighted by Gasteiger charge is -2.36. The fourth-order valence-electron chi connectivity index (χ4n) is 2.37. The van der Waals surface area contributed by atoms with Crippen LogP contribution in [0.25, 0.3) is 0 Å². The standard InChI is InChI=1S/C15H22ClN3O/c1-15(2,3)14(20)19-8-6-12(7-9-19)18-13-5-4-11(16)10-17-13/h4-5,10,12H,6-9H2,1-3H3,(H,17,18). The molecule has 0 atom stereocenters. The smallest absolute Gasteiger partial charge is 0.227 e. The van der Waals surface area contributed by atoms with Crippen molar-refractivity contribution < 1.29 is 4.79 Å². The summed E-state index contributed by atoms with van der Waals surface area (Å²) in [5, 5.41) is 4.04. The fourth-order valence-corrected chi connectivity index (χ4v) is 2.48. The van der Waals surface area contributed by atoms with Crippen LogP contribution < -0.4 is 5.32 Å². The second-order valence-corrected chi connectivity index (χ2v) is 6.76. The number of piperidine rings is 1. The van der Waals surface area contributed by atoms with E-state index in [1.165, 1.54) is 0 Å². The molecule has 1 aromatic rings. The minimum Gasteiger partial charge on any atom is -0.367 e. The molecule has 110 valence electrons. The zero-order valence-corrected chi connectivity index (χ0v) is 13.1. The first-order chi connectivity index (χ1) is 9.36. The molecule has 0 spiro atoms. The Morgan fingerprint density at radius 1 is 1.35 bits per heavy atom. The van der Waals surface area contributed by atoms with E-state index in [9.17, 15) is 4.79 Å². The third-order valence-corrected chi connectivity index (χ3v) is 3.73. The summed E-state index contributed by atoms with van der Waals surface area (Å²) in [6.07, 6.45) is 3.54. The second-order valence-electron chi connectivity index (χ2n) is 6.32. The van der Waals surface area contributed by atoms with Crippen molar-refractivity contribution in [2.45, 2.75) is 39.7 Å². The largest absolute Gasteiger partial charge is 0.367 e. The molecule has 0 radical (unpaired) electrons. The Labute approximate surface area is 125 Å². The van der Waals surface area contributed by atoms with Gasteiger partial charge in [0.15, 0.2) is 0 Å². The average molecular weight is 296 g/mol. The lowest BCUT2D eigenvalue weighted by atomic mass is 9.93. The Morgan fingerprint density at radius 2 is 2.00 bits per heavy atom. The Morgan fingerprint density at radius 3 is 2.50 bits per heavy atom. The van der Waals surface area contributed by atoms with Gasteiger partial charge in [0.05, 0.1) is 5.02 Å². The summed E-state index contributed by atoms with van der Waals surface area (Å²) in [6.45, 7) is 7.52. The Balaban J connectivity index is 1.85. The number of carbonyl (C=O) groups excluding carboxylic acids is 1. The molecule has 0 unspecified atom stereocenters. The maximum absolute atomic E-state index is 12.2. The van der Waals surface area contributed by atoms with Crippen LogP contribution in [0, 0.1) is 5.41 Å². The van der Waals surface area contributed by atoms with Gasteiger partial charge in [0.25, 0.3) is 0 Å². The van der Waals surface area contributed by atoms with Crippen molar-refractivity contribution in [3.05, 3.63) is 23.4 Å². The lowest BCUT2D eigenvalue weighted by Crippen LogP contribution is -2.46. The van der Waals surface area contributed by atoms with Gasteiger partial charge in [-0.05, 0) is 25.0 Å². The van der Waals surface area contributed by atoms with Gasteiger partial charge in [0.2, 0.25) is 5.91 Å². The van der Waals surface area contributed by atoms with Crippen LogP contribution in [-0.2, 0) is 4.79 Å². The molecule has 1 amide bonds. The molecular weight excluding hydrogens is 274 g/mol. The quantitative estimate of drug-likeness (QED) is 0.911. The number of rotatable bonds is 2. The third-order valence-electron chi connectivity index (χ3n) is 3.50. The van der Waals surface area contributed by atoms with Gasteiger partial charge in [0.1, 0.15) is 5.82 Å². The highest BCUT2D eigenvalue weighted by Crippen LogP contribution is 2.22. The predicted molar refractivity (Wildman–Crippen MR) is 81.9 cm³/mol. The number of carbonyl (C=O) groups is 1. The van der Waals surface area contributed by atoms with Crippen molar-refractivity contribution in [3.8, 4) is 0 Å². The Hall–Kier alpha value is -1.29. The van der Waals surface area contributed by atoms with Gasteiger partial charge in [-0.25, -0.2) is 4.98 Å². The number of pyridine rings is 1. The zero-order chi connectivity index (χ0) is 14.8. The lowest BCUT2D eigenvalue weighted by molar-refractivity contribution is -0.140. The SMILES string of the molecule is CC(C)(C)C(=O)N1CCC(Nc2ccc(Cl)cn2)CC1. The number of amides is 1. The summed E-state index contributed by atoms with van der Waals surface area (Å²) < 4.78 is 0. The number of anilines is 1. The minimum atomic E-state index is -0.294. The molecule has 0 saturated carbocycles. The summed E-state index contributed by atoms with van der Waals surface area (Å²) >= 11 is 5.82. The molecule has 0 aliphatic carbocycles. The van der Waals surface area contributed by atoms with E-state index in [0.717, 1.165) is 31.7 Å². The molecule has 1 aliphatic rings. The highest BCUT2D eigenvalue weighted by Gasteiger charge is 2.30. The van der Waals surface area contributed by atoms with Crippen molar-refractivity contribution in [3.63, 3.8) is 0 Å². The van der Waals surface area contributed by atoms with Gasteiger partial charge in [-0.3, -0.25) is 4.79 Å². The van der Waals surface area contributed by atoms with E-state index in [4.69, 9.17) is 11.6 Å². The zero-order valence-electron chi connectivity index (χ0n) is 12.3. The van der Waals surface area contributed by atoms with Gasteiger partial charge in [-0.15, -0.1) is 0 Å². The number of likely N-dealkylation sites (tertiary alicyclic amines) is 1. The normalized spacial score (nSPS) is 17.1. The first-order valence-electron chi connectivity index (χ1n) is 7.04. The summed E-state index contributed by atoms with van der Waals surface area (Å²) in [4.78, 5) is 18.4. The molecular formula is C15H22ClN3O. The molecule has 1 N–H and O–H groups in total. The van der Waals surface area contributed by atoms with Gasteiger partial charge in [0, 0.05) is 30.7 Å². The van der Waals surface area contributed by atoms with Crippen molar-refractivity contribution in [2.75, 3.05) is 18.4 Å². The number of hydrogen-bond donors (Lipinski definition) is 1. The Kier molecular flexibility index (Phi) is 4.53. The van der Waals surface area contributed by atoms with E-state index in [0.29, 0.717) is 11.1 Å². The van der Waals surface area contributed by atoms with E-state index in [2.05, 4.69) is 10.3 Å². The van der Waals surface area contributed by atoms with Gasteiger partial charge >= 0.3 is 0 Å². The molecule has 0 bridgehead atoms. The van der Waals surface area contributed by atoms with E-state index in [-0.39, 0.29) is 11.3 Å². The summed E-state index contributed by atoms with van der Waals surface area (Å²) in [6, 6.07) is 4.08. The second kappa shape index (κ2) is 6.00. The van der Waals surface area contributed by atoms with E-state index < -0.39 is 0 Å². The number of hydrogen-bond acceptors (Lipinski definition) is 3. The molecule has 1 saturated heterocycles. The molecule has 2 heterocycles. The first-order valence-corrected chi connectivity index (χ1v) is 7.41. The van der Waals surface area contributed by atoms with E-state index in [1.807, 2.05) is 37.8 Å². The molecule has 2 rings (SSSR count). The summed E-state index contributed by atoms with van der Waals surface area (Å²) in [5.41, 5.74) is -0.294. The van der Waals surface area contributed by atoms with Crippen LogP contribution in [0.5, 0.6) is 0 Å². The third kappa shape index (κ3) is 3.85. The monoisotopic (exact) mass is 295 g/mol. The molecule has 0 aromatic carbocycles. The predicted octanol–water partition coefficient (Wildman–Crippen LogP) is 3.18. The average Bonchev–Trinajstić information content (AvgIpc) is 2.40. The van der Waals surface area contributed by atoms with Crippen molar-refractivity contribution in [1.82, 2.24) is 9.88 Å². The summed E-state index contributed by atoms with van der Waals surface area (Å²) in [7, 11) is 0. The number of nitrogens with zero attached hydrogens (tertiary/aromatic N) is 2. The molecule has 1 aromatic heterocycles. The molecule has 4 nitrogen and oxygen atoms in total. The van der Waals surface area contributed by atoms with Gasteiger partial charge in [-0.2, -0.15) is 0 Å². The molecule has 5 heteroatoms. The highest BCUT2D eigenvalue weighted by molar-refractivity contribution is 6.30. The van der Waals surface area contributed by atoms with Crippen molar-refractivity contribution in [1.29, 1.82) is 0 Å². The summed E-state index contributed by atoms with van der Waals surface area (Å²) in [5.74, 6) is 1.08. The number of halogens is 1. The van der Waals surface area contributed by atoms with Crippen molar-refractivity contribution >= 4 is 23.3 Å². The van der Waals surface area contributed by atoms with Crippen LogP contribution in [0.1, 0.15) is 33.6 Å². The number of aromatic nitrogens is 1. The van der Waals surface area contributed by atoms with E-state index in [1.54, 1.807) is 6.20 Å². The van der Waals surface area contributed by atoms with Gasteiger partial charge in [-0.1, -0.05) is 32.4 Å². The van der Waals surface area contributed by atoms with Crippen LogP contribution in [0.4, 0.5) is 5.82 Å². The molecule has 1 fully saturated rings. The minimum absolute atomic E-state index is 0.237. The van der Waals surface area contributed by atoms with Crippen LogP contribution in [0.2, 0.25) is 5.02 Å². The number of nitrogens with one attached hydrogen (secondary N) is 1. The van der Waals surface area contributed by atoms with Crippen LogP contribution >= 0.6 is 11.6 Å². The maximum atomic E-state index is 12.2. The Bertz CT molecular complexity index is 459. The maximum Gasteiger partial charge on any atom is 0.227 e. The van der Waals surface area contributed by atoms with Gasteiger partial charge < -0.3 is 10.2 Å². The first kappa shape index (κ1) is 15.1. The van der Waals surface area contributed by atoms with Crippen LogP contribution in [-0.4, -0.2) is 34.9 Å².